The second kappa shape index (κ2) is 16.1. The van der Waals surface area contributed by atoms with E-state index in [-0.39, 0.29) is 48.1 Å². The number of ether oxygens (including phenoxy) is 2. The Morgan fingerprint density at radius 1 is 0.941 bits per heavy atom. The number of aliphatic hydroxyl groups is 1. The number of aliphatic hydroxyl groups excluding tert-OH is 1. The molecule has 2 aliphatic rings. The normalized spacial score (nSPS) is 19.3. The maximum absolute atomic E-state index is 14.2. The minimum absolute atomic E-state index is 0.0271. The van der Waals surface area contributed by atoms with E-state index in [4.69, 9.17) is 4.74 Å². The lowest BCUT2D eigenvalue weighted by Gasteiger charge is -2.32. The van der Waals surface area contributed by atoms with Gasteiger partial charge in [-0.25, -0.2) is 4.79 Å². The first-order chi connectivity index (χ1) is 24.0. The molecular weight excluding hydrogens is 676 g/mol. The summed E-state index contributed by atoms with van der Waals surface area (Å²) < 4.78 is 39.7. The zero-order valence-electron chi connectivity index (χ0n) is 29.7. The summed E-state index contributed by atoms with van der Waals surface area (Å²) in [6.07, 6.45) is 5.39. The molecule has 3 amide bonds. The summed E-state index contributed by atoms with van der Waals surface area (Å²) in [7, 11) is -3.12. The van der Waals surface area contributed by atoms with E-state index in [1.54, 1.807) is 26.8 Å². The maximum atomic E-state index is 14.2. The highest BCUT2D eigenvalue weighted by molar-refractivity contribution is 7.85. The minimum atomic E-state index is -4.47. The van der Waals surface area contributed by atoms with Gasteiger partial charge in [-0.1, -0.05) is 66.1 Å². The summed E-state index contributed by atoms with van der Waals surface area (Å²) in [5.41, 5.74) is -2.11. The van der Waals surface area contributed by atoms with Gasteiger partial charge in [0.1, 0.15) is 11.1 Å². The number of alkyl carbamates (subject to hydrolysis) is 1. The lowest BCUT2D eigenvalue weighted by atomic mass is 9.93. The molecule has 0 heterocycles. The highest BCUT2D eigenvalue weighted by Crippen LogP contribution is 2.45. The van der Waals surface area contributed by atoms with E-state index in [1.165, 1.54) is 31.4 Å². The Morgan fingerprint density at radius 3 is 2.12 bits per heavy atom. The van der Waals surface area contributed by atoms with Gasteiger partial charge < -0.3 is 30.5 Å². The molecule has 0 spiro atoms. The quantitative estimate of drug-likeness (QED) is 0.0568. The number of carbonyl (C=O) groups is 4. The van der Waals surface area contributed by atoms with E-state index >= 15 is 0 Å². The summed E-state index contributed by atoms with van der Waals surface area (Å²) in [5.74, 6) is -2.51. The number of esters is 1. The SMILES string of the molecule is C=C[C@@H]1C[C@]1(NC(=O)C1(NC(=O)OC(C)(C)C)Cc2ccccc2C1)/C(O)=[NH+]/S(=O)(=O)c1ccccc1NC(=O)CCCCCCCC(=O)OC. The standard InChI is InChI=1S/C37H48N4O9S/c1-6-27-24-37(27,39-32(44)36(40-34(46)50-35(2,3)4)22-25-16-12-13-17-26(25)23-36)33(45)41-51(47,48)29-19-15-14-18-28(29)38-30(42)20-10-8-7-9-11-21-31(43)49-5/h6,12-19,27H,1,7-11,20-24H2,2-5H3,(H,38,42)(H,39,44)(H,40,46)(H,41,45)/p+1/t27-,37-/m1/s1. The van der Waals surface area contributed by atoms with Gasteiger partial charge in [0.2, 0.25) is 11.8 Å². The van der Waals surface area contributed by atoms with Crippen LogP contribution in [0.25, 0.3) is 0 Å². The molecule has 14 heteroatoms. The number of methoxy groups -OCH3 is 1. The largest absolute Gasteiger partial charge is 0.469 e. The van der Waals surface area contributed by atoms with Gasteiger partial charge >= 0.3 is 28.0 Å². The van der Waals surface area contributed by atoms with Crippen molar-refractivity contribution in [2.24, 2.45) is 5.92 Å². The van der Waals surface area contributed by atoms with Crippen molar-refractivity contribution in [3.8, 4) is 0 Å². The molecule has 4 rings (SSSR count). The molecule has 2 aromatic carbocycles. The number of nitrogens with one attached hydrogen (secondary N) is 4. The van der Waals surface area contributed by atoms with Crippen LogP contribution >= 0.6 is 0 Å². The van der Waals surface area contributed by atoms with E-state index in [9.17, 15) is 32.7 Å². The molecule has 1 saturated carbocycles. The third-order valence-electron chi connectivity index (χ3n) is 9.03. The van der Waals surface area contributed by atoms with Gasteiger partial charge in [0, 0.05) is 31.6 Å². The van der Waals surface area contributed by atoms with Crippen LogP contribution in [0.1, 0.15) is 83.3 Å². The highest BCUT2D eigenvalue weighted by Gasteiger charge is 2.64. The molecular formula is C37H49N4O9S+. The molecule has 2 aliphatic carbocycles. The third-order valence-corrected chi connectivity index (χ3v) is 10.4. The molecule has 0 saturated heterocycles. The van der Waals surface area contributed by atoms with Crippen molar-refractivity contribution in [3.63, 3.8) is 0 Å². The molecule has 0 bridgehead atoms. The summed E-state index contributed by atoms with van der Waals surface area (Å²) in [5, 5.41) is 19.6. The van der Waals surface area contributed by atoms with Gasteiger partial charge in [-0.05, 0) is 63.3 Å². The van der Waals surface area contributed by atoms with Crippen LogP contribution in [0.3, 0.4) is 0 Å². The van der Waals surface area contributed by atoms with Crippen molar-refractivity contribution in [3.05, 3.63) is 72.3 Å². The lowest BCUT2D eigenvalue weighted by molar-refractivity contribution is -0.286. The molecule has 5 N–H and O–H groups in total. The number of carbonyl (C=O) groups excluding carboxylic acids is 4. The zero-order valence-corrected chi connectivity index (χ0v) is 30.5. The number of sulfonamides is 1. The van der Waals surface area contributed by atoms with Crippen molar-refractivity contribution in [2.45, 2.75) is 107 Å². The monoisotopic (exact) mass is 725 g/mol. The molecule has 0 radical (unpaired) electrons. The molecule has 276 valence electrons. The Labute approximate surface area is 299 Å². The topological polar surface area (TPSA) is 191 Å². The first-order valence-electron chi connectivity index (χ1n) is 17.1. The van der Waals surface area contributed by atoms with Crippen molar-refractivity contribution in [2.75, 3.05) is 12.4 Å². The number of amides is 3. The average Bonchev–Trinajstić information content (AvgIpc) is 3.65. The second-order valence-corrected chi connectivity index (χ2v) is 15.8. The fourth-order valence-corrected chi connectivity index (χ4v) is 7.48. The van der Waals surface area contributed by atoms with Crippen molar-refractivity contribution in [1.29, 1.82) is 0 Å². The van der Waals surface area contributed by atoms with Crippen LogP contribution in [0.5, 0.6) is 0 Å². The predicted molar refractivity (Wildman–Crippen MR) is 190 cm³/mol. The van der Waals surface area contributed by atoms with Gasteiger partial charge in [-0.2, -0.15) is 8.42 Å². The van der Waals surface area contributed by atoms with Crippen LogP contribution in [0.15, 0.2) is 66.1 Å². The van der Waals surface area contributed by atoms with Crippen LogP contribution in [-0.2, 0) is 46.7 Å². The Balaban J connectivity index is 1.49. The number of hydrogen-bond donors (Lipinski definition) is 5. The lowest BCUT2D eigenvalue weighted by Crippen LogP contribution is -2.81. The molecule has 0 aromatic heterocycles. The fraction of sp³-hybridized carbons (Fsp3) is 0.486. The number of hydrogen-bond acceptors (Lipinski definition) is 8. The van der Waals surface area contributed by atoms with E-state index < -0.39 is 50.5 Å². The summed E-state index contributed by atoms with van der Waals surface area (Å²) in [6.45, 7) is 8.91. The van der Waals surface area contributed by atoms with Crippen molar-refractivity contribution >= 4 is 45.5 Å². The van der Waals surface area contributed by atoms with E-state index in [1.807, 2.05) is 24.3 Å². The fourth-order valence-electron chi connectivity index (χ4n) is 6.27. The Morgan fingerprint density at radius 2 is 1.53 bits per heavy atom. The van der Waals surface area contributed by atoms with Crippen LogP contribution in [0.4, 0.5) is 10.5 Å². The van der Waals surface area contributed by atoms with Crippen LogP contribution in [0, 0.1) is 5.92 Å². The van der Waals surface area contributed by atoms with E-state index in [2.05, 4.69) is 31.7 Å². The second-order valence-electron chi connectivity index (χ2n) is 14.1. The highest BCUT2D eigenvalue weighted by atomic mass is 32.2. The van der Waals surface area contributed by atoms with Gasteiger partial charge in [-0.15, -0.1) is 6.58 Å². The van der Waals surface area contributed by atoms with Gasteiger partial charge in [0.05, 0.1) is 12.8 Å². The number of rotatable bonds is 16. The first kappa shape index (κ1) is 39.1. The smallest absolute Gasteiger partial charge is 0.408 e. The predicted octanol–water partition coefficient (Wildman–Crippen LogP) is 3.38. The van der Waals surface area contributed by atoms with E-state index in [0.29, 0.717) is 19.3 Å². The van der Waals surface area contributed by atoms with Crippen molar-refractivity contribution < 1.29 is 46.6 Å². The summed E-state index contributed by atoms with van der Waals surface area (Å²) in [4.78, 5) is 50.9. The third kappa shape index (κ3) is 9.96. The number of anilines is 1. The average molecular weight is 726 g/mol. The number of unbranched alkanes of at least 4 members (excludes halogenated alkanes) is 4. The zero-order chi connectivity index (χ0) is 37.5. The minimum Gasteiger partial charge on any atom is -0.469 e. The molecule has 1 fully saturated rings. The number of para-hydroxylation sites is 1. The van der Waals surface area contributed by atoms with Crippen molar-refractivity contribution in [1.82, 2.24) is 10.6 Å². The molecule has 13 nitrogen and oxygen atoms in total. The van der Waals surface area contributed by atoms with Gasteiger partial charge in [0.15, 0.2) is 10.4 Å². The van der Waals surface area contributed by atoms with Crippen LogP contribution in [0.2, 0.25) is 0 Å². The Hall–Kier alpha value is -4.72. The molecule has 2 atom stereocenters. The summed E-state index contributed by atoms with van der Waals surface area (Å²) >= 11 is 0. The maximum Gasteiger partial charge on any atom is 0.408 e. The summed E-state index contributed by atoms with van der Waals surface area (Å²) in [6, 6.07) is 13.2. The molecule has 2 aromatic rings. The Bertz CT molecular complexity index is 1760. The van der Waals surface area contributed by atoms with Gasteiger partial charge in [0.25, 0.3) is 0 Å². The number of fused-ring (bicyclic) bond motifs is 1. The van der Waals surface area contributed by atoms with Crippen LogP contribution in [-0.4, -0.2) is 67.1 Å². The molecule has 0 unspecified atom stereocenters. The van der Waals surface area contributed by atoms with Crippen LogP contribution < -0.4 is 20.3 Å². The Kier molecular flexibility index (Phi) is 12.3. The van der Waals surface area contributed by atoms with Gasteiger partial charge in [-0.3, -0.25) is 14.4 Å². The van der Waals surface area contributed by atoms with E-state index in [0.717, 1.165) is 30.4 Å². The number of benzene rings is 2. The first-order valence-corrected chi connectivity index (χ1v) is 18.6. The molecule has 51 heavy (non-hydrogen) atoms. The molecule has 0 aliphatic heterocycles.